The second kappa shape index (κ2) is 11.8. The van der Waals surface area contributed by atoms with Crippen molar-refractivity contribution in [3.8, 4) is 0 Å². The van der Waals surface area contributed by atoms with Crippen LogP contribution in [0.4, 0.5) is 0 Å². The highest BCUT2D eigenvalue weighted by molar-refractivity contribution is 8.02. The van der Waals surface area contributed by atoms with Crippen molar-refractivity contribution in [2.24, 2.45) is 11.8 Å². The van der Waals surface area contributed by atoms with Crippen LogP contribution < -0.4 is 0 Å². The van der Waals surface area contributed by atoms with Gasteiger partial charge in [-0.15, -0.1) is 16.9 Å². The first kappa shape index (κ1) is 28.9. The van der Waals surface area contributed by atoms with Crippen LogP contribution in [0, 0.1) is 11.8 Å². The summed E-state index contributed by atoms with van der Waals surface area (Å²) in [5.74, 6) is -2.07. The zero-order valence-corrected chi connectivity index (χ0v) is 24.9. The van der Waals surface area contributed by atoms with Gasteiger partial charge in [-0.2, -0.15) is 0 Å². The lowest BCUT2D eigenvalue weighted by molar-refractivity contribution is -0.154. The molecule has 10 nitrogen and oxygen atoms in total. The summed E-state index contributed by atoms with van der Waals surface area (Å²) < 4.78 is 5.88. The largest absolute Gasteiger partial charge is 0.465 e. The fourth-order valence-electron chi connectivity index (χ4n) is 7.14. The van der Waals surface area contributed by atoms with Crippen LogP contribution in [0.15, 0.2) is 48.6 Å². The van der Waals surface area contributed by atoms with Crippen LogP contribution in [0.25, 0.3) is 11.0 Å². The van der Waals surface area contributed by atoms with Crippen LogP contribution in [-0.2, 0) is 25.8 Å². The number of fused-ring (bicyclic) bond motifs is 3. The molecule has 2 aromatic rings. The van der Waals surface area contributed by atoms with Crippen LogP contribution in [0.5, 0.6) is 0 Å². The Morgan fingerprint density at radius 1 is 1.02 bits per heavy atom. The summed E-state index contributed by atoms with van der Waals surface area (Å²) in [6, 6.07) is 6.87. The Balaban J connectivity index is 1.38. The van der Waals surface area contributed by atoms with Gasteiger partial charge in [-0.3, -0.25) is 14.4 Å². The number of allylic oxidation sites excluding steroid dienone is 1. The number of aliphatic hydroxyl groups excluding tert-OH is 1. The second-order valence-corrected chi connectivity index (χ2v) is 13.7. The number of aromatic nitrogens is 3. The lowest BCUT2D eigenvalue weighted by Gasteiger charge is -2.37. The van der Waals surface area contributed by atoms with Gasteiger partial charge < -0.3 is 19.6 Å². The zero-order valence-electron chi connectivity index (χ0n) is 24.1. The van der Waals surface area contributed by atoms with Crippen molar-refractivity contribution >= 4 is 40.6 Å². The molecule has 224 valence electrons. The van der Waals surface area contributed by atoms with Crippen molar-refractivity contribution in [1.29, 1.82) is 0 Å². The Bertz CT molecular complexity index is 1410. The first-order chi connectivity index (χ1) is 20.4. The van der Waals surface area contributed by atoms with Crippen LogP contribution in [0.2, 0.25) is 0 Å². The Labute approximate surface area is 250 Å². The summed E-state index contributed by atoms with van der Waals surface area (Å²) in [4.78, 5) is 46.2. The number of esters is 1. The molecule has 42 heavy (non-hydrogen) atoms. The van der Waals surface area contributed by atoms with E-state index in [4.69, 9.17) is 4.74 Å². The summed E-state index contributed by atoms with van der Waals surface area (Å²) in [5, 5.41) is 17.8. The first-order valence-electron chi connectivity index (χ1n) is 15.1. The quantitative estimate of drug-likeness (QED) is 0.282. The number of thioether (sulfide) groups is 1. The normalized spacial score (nSPS) is 32.0. The number of aliphatic hydroxyl groups is 1. The van der Waals surface area contributed by atoms with Gasteiger partial charge in [-0.1, -0.05) is 54.5 Å². The van der Waals surface area contributed by atoms with Gasteiger partial charge in [0.2, 0.25) is 11.8 Å². The molecule has 0 saturated carbocycles. The van der Waals surface area contributed by atoms with E-state index in [0.717, 1.165) is 43.1 Å². The van der Waals surface area contributed by atoms with E-state index in [9.17, 15) is 19.5 Å². The summed E-state index contributed by atoms with van der Waals surface area (Å²) in [6.07, 6.45) is 13.9. The van der Waals surface area contributed by atoms with Crippen molar-refractivity contribution in [2.75, 3.05) is 26.3 Å². The molecule has 1 aromatic heterocycles. The Hall–Kier alpha value is -3.18. The maximum Gasteiger partial charge on any atom is 0.311 e. The summed E-state index contributed by atoms with van der Waals surface area (Å²) in [6.45, 7) is 3.47. The van der Waals surface area contributed by atoms with Gasteiger partial charge >= 0.3 is 5.97 Å². The van der Waals surface area contributed by atoms with Crippen LogP contribution in [0.1, 0.15) is 51.9 Å². The van der Waals surface area contributed by atoms with Crippen molar-refractivity contribution < 1.29 is 24.2 Å². The molecule has 1 aromatic carbocycles. The molecule has 1 spiro atoms. The van der Waals surface area contributed by atoms with Crippen molar-refractivity contribution in [3.63, 3.8) is 0 Å². The molecule has 5 heterocycles. The zero-order chi connectivity index (χ0) is 29.3. The van der Waals surface area contributed by atoms with E-state index in [1.165, 1.54) is 0 Å². The van der Waals surface area contributed by atoms with Gasteiger partial charge in [0.1, 0.15) is 18.2 Å². The van der Waals surface area contributed by atoms with Crippen molar-refractivity contribution in [2.45, 2.75) is 74.1 Å². The number of cyclic esters (lactones) is 1. The third kappa shape index (κ3) is 4.94. The molecule has 6 rings (SSSR count). The maximum absolute atomic E-state index is 14.6. The first-order valence-corrected chi connectivity index (χ1v) is 15.9. The van der Waals surface area contributed by atoms with Gasteiger partial charge in [0.25, 0.3) is 0 Å². The molecule has 2 saturated heterocycles. The Morgan fingerprint density at radius 3 is 2.71 bits per heavy atom. The number of unbranched alkanes of at least 4 members (excludes halogenated alkanes) is 3. The number of para-hydroxylation sites is 1. The molecule has 1 unspecified atom stereocenters. The standard InChI is InChI=1S/C31H39N5O5S/c1-30-15-8-2-5-11-20-41-29(40)25(30)24-27(38)35(18-9-3-4-10-19-37)26-28(39)34(17-12-16-31(24,26)42-30)21-36-23-14-7-6-13-22(23)32-33-36/h6-8,12-16,24-26,37H,2-5,9-11,17-21H2,1H3/b15-8-/t24-,25-,26?,30+,31-/m0/s1. The molecule has 5 atom stereocenters. The molecule has 2 amide bonds. The highest BCUT2D eigenvalue weighted by atomic mass is 32.2. The van der Waals surface area contributed by atoms with Crippen molar-refractivity contribution in [1.82, 2.24) is 24.8 Å². The minimum absolute atomic E-state index is 0.137. The number of likely N-dealkylation sites (tertiary alicyclic amines) is 1. The third-order valence-corrected chi connectivity index (χ3v) is 10.9. The molecular formula is C31H39N5O5S. The van der Waals surface area contributed by atoms with Gasteiger partial charge in [0.05, 0.1) is 28.7 Å². The molecule has 0 bridgehead atoms. The number of amides is 2. The summed E-state index contributed by atoms with van der Waals surface area (Å²) in [5.41, 5.74) is 1.58. The van der Waals surface area contributed by atoms with E-state index in [-0.39, 0.29) is 31.1 Å². The van der Waals surface area contributed by atoms with E-state index in [0.29, 0.717) is 32.5 Å². The lowest BCUT2D eigenvalue weighted by Crippen LogP contribution is -2.53. The molecular weight excluding hydrogens is 554 g/mol. The van der Waals surface area contributed by atoms with Gasteiger partial charge in [0, 0.05) is 24.4 Å². The Kier molecular flexibility index (Phi) is 8.15. The number of rotatable bonds is 8. The number of hydrogen-bond donors (Lipinski definition) is 1. The maximum atomic E-state index is 14.6. The smallest absolute Gasteiger partial charge is 0.311 e. The highest BCUT2D eigenvalue weighted by Gasteiger charge is 2.73. The lowest BCUT2D eigenvalue weighted by atomic mass is 9.74. The minimum Gasteiger partial charge on any atom is -0.465 e. The van der Waals surface area contributed by atoms with E-state index in [1.54, 1.807) is 26.2 Å². The Morgan fingerprint density at radius 2 is 1.86 bits per heavy atom. The van der Waals surface area contributed by atoms with Gasteiger partial charge in [-0.05, 0) is 51.2 Å². The fraction of sp³-hybridized carbons (Fsp3) is 0.581. The number of ether oxygens (including phenoxy) is 1. The monoisotopic (exact) mass is 593 g/mol. The third-order valence-electron chi connectivity index (χ3n) is 9.12. The second-order valence-electron chi connectivity index (χ2n) is 11.9. The van der Waals surface area contributed by atoms with E-state index in [2.05, 4.69) is 22.5 Å². The van der Waals surface area contributed by atoms with Crippen LogP contribution >= 0.6 is 11.8 Å². The fourth-order valence-corrected chi connectivity index (χ4v) is 9.30. The summed E-state index contributed by atoms with van der Waals surface area (Å²) >= 11 is 1.57. The minimum atomic E-state index is -0.907. The average molecular weight is 594 g/mol. The van der Waals surface area contributed by atoms with Gasteiger partial charge in [0.15, 0.2) is 0 Å². The predicted octanol–water partition coefficient (Wildman–Crippen LogP) is 3.31. The number of carbonyl (C=O) groups is 3. The number of carbonyl (C=O) groups excluding carboxylic acids is 3. The van der Waals surface area contributed by atoms with E-state index < -0.39 is 27.4 Å². The molecule has 4 aliphatic rings. The van der Waals surface area contributed by atoms with Crippen LogP contribution in [0.3, 0.4) is 0 Å². The molecule has 11 heteroatoms. The molecule has 2 fully saturated rings. The highest BCUT2D eigenvalue weighted by Crippen LogP contribution is 2.65. The summed E-state index contributed by atoms with van der Waals surface area (Å²) in [7, 11) is 0. The van der Waals surface area contributed by atoms with Gasteiger partial charge in [-0.25, -0.2) is 4.68 Å². The van der Waals surface area contributed by atoms with Crippen LogP contribution in [-0.4, -0.2) is 89.5 Å². The molecule has 0 aliphatic carbocycles. The molecule has 4 aliphatic heterocycles. The molecule has 1 N–H and O–H groups in total. The number of benzene rings is 1. The SMILES string of the molecule is C[C@@]12/C=C\CCCCOC(=O)[C@@H]1[C@H]1C(=O)N(CCCCCCO)C3C(=O)N(Cn4nnc5ccccc54)CC=C[C@@]31S2. The number of nitrogens with zero attached hydrogens (tertiary/aromatic N) is 5. The number of hydrogen-bond acceptors (Lipinski definition) is 8. The van der Waals surface area contributed by atoms with E-state index in [1.807, 2.05) is 43.3 Å². The van der Waals surface area contributed by atoms with E-state index >= 15 is 0 Å². The van der Waals surface area contributed by atoms with Crippen molar-refractivity contribution in [3.05, 3.63) is 48.6 Å². The average Bonchev–Trinajstić information content (AvgIpc) is 3.54. The predicted molar refractivity (Wildman–Crippen MR) is 159 cm³/mol. The molecule has 0 radical (unpaired) electrons. The topological polar surface area (TPSA) is 118 Å².